The maximum atomic E-state index is 4.72. The predicted octanol–water partition coefficient (Wildman–Crippen LogP) is 5.16. The number of thiophene rings is 1. The van der Waals surface area contributed by atoms with E-state index >= 15 is 0 Å². The molecule has 18 heavy (non-hydrogen) atoms. The van der Waals surface area contributed by atoms with E-state index in [2.05, 4.69) is 54.9 Å². The van der Waals surface area contributed by atoms with Crippen LogP contribution in [0.5, 0.6) is 0 Å². The average molecular weight is 271 g/mol. The molecule has 0 radical (unpaired) electrons. The molecular weight excluding hydrogens is 258 g/mol. The molecule has 0 saturated carbocycles. The number of benzene rings is 1. The summed E-state index contributed by atoms with van der Waals surface area (Å²) in [5.74, 6) is 0. The maximum Gasteiger partial charge on any atom is 0.134 e. The highest BCUT2D eigenvalue weighted by Gasteiger charge is 2.07. The van der Waals surface area contributed by atoms with Crippen LogP contribution in [-0.4, -0.2) is 4.98 Å². The summed E-state index contributed by atoms with van der Waals surface area (Å²) in [5.41, 5.74) is 4.93. The lowest BCUT2D eigenvalue weighted by Gasteiger charge is -2.02. The second kappa shape index (κ2) is 4.67. The van der Waals surface area contributed by atoms with Crippen molar-refractivity contribution < 1.29 is 0 Å². The zero-order chi connectivity index (χ0) is 12.5. The van der Waals surface area contributed by atoms with Gasteiger partial charge >= 0.3 is 0 Å². The summed E-state index contributed by atoms with van der Waals surface area (Å²) >= 11 is 3.45. The molecule has 0 amide bonds. The minimum Gasteiger partial charge on any atom is -0.235 e. The Balaban J connectivity index is 2.00. The zero-order valence-corrected chi connectivity index (χ0v) is 11.9. The third-order valence-electron chi connectivity index (χ3n) is 3.04. The molecule has 0 atom stereocenters. The molecule has 3 aromatic rings. The number of aryl methyl sites for hydroxylation is 2. The standard InChI is InChI=1S/C15H13NS2/c1-10-5-6-12(8-11(10)2)13-9-18-15(16-13)14-4-3-7-17-14/h3-9H,1-2H3. The van der Waals surface area contributed by atoms with Crippen LogP contribution < -0.4 is 0 Å². The number of thiazole rings is 1. The SMILES string of the molecule is Cc1ccc(-c2csc(-c3cccs3)n2)cc1C. The minimum absolute atomic E-state index is 1.08. The fourth-order valence-corrected chi connectivity index (χ4v) is 3.46. The van der Waals surface area contributed by atoms with E-state index in [0.29, 0.717) is 0 Å². The van der Waals surface area contributed by atoms with Crippen LogP contribution in [0.4, 0.5) is 0 Å². The summed E-state index contributed by atoms with van der Waals surface area (Å²) in [6, 6.07) is 10.7. The van der Waals surface area contributed by atoms with E-state index in [9.17, 15) is 0 Å². The van der Waals surface area contributed by atoms with Gasteiger partial charge in [0.25, 0.3) is 0 Å². The highest BCUT2D eigenvalue weighted by atomic mass is 32.1. The lowest BCUT2D eigenvalue weighted by Crippen LogP contribution is -1.83. The van der Waals surface area contributed by atoms with E-state index in [-0.39, 0.29) is 0 Å². The van der Waals surface area contributed by atoms with Crippen molar-refractivity contribution in [2.24, 2.45) is 0 Å². The normalized spacial score (nSPS) is 10.8. The van der Waals surface area contributed by atoms with E-state index in [1.165, 1.54) is 21.6 Å². The third kappa shape index (κ3) is 2.11. The Labute approximate surface area is 115 Å². The maximum absolute atomic E-state index is 4.72. The first-order valence-corrected chi connectivity index (χ1v) is 7.57. The molecule has 3 rings (SSSR count). The monoisotopic (exact) mass is 271 g/mol. The van der Waals surface area contributed by atoms with Gasteiger partial charge in [0.2, 0.25) is 0 Å². The van der Waals surface area contributed by atoms with Crippen LogP contribution in [0.2, 0.25) is 0 Å². The third-order valence-corrected chi connectivity index (χ3v) is 4.92. The van der Waals surface area contributed by atoms with Gasteiger partial charge in [-0.1, -0.05) is 18.2 Å². The molecular formula is C15H13NS2. The Morgan fingerprint density at radius 2 is 1.89 bits per heavy atom. The fourth-order valence-electron chi connectivity index (χ4n) is 1.82. The highest BCUT2D eigenvalue weighted by molar-refractivity contribution is 7.20. The number of rotatable bonds is 2. The van der Waals surface area contributed by atoms with Crippen LogP contribution in [0.3, 0.4) is 0 Å². The fraction of sp³-hybridized carbons (Fsp3) is 0.133. The molecule has 1 nitrogen and oxygen atoms in total. The molecule has 0 saturated heterocycles. The molecule has 3 heteroatoms. The second-order valence-corrected chi connectivity index (χ2v) is 6.12. The van der Waals surface area contributed by atoms with E-state index < -0.39 is 0 Å². The van der Waals surface area contributed by atoms with Gasteiger partial charge in [0.05, 0.1) is 10.6 Å². The average Bonchev–Trinajstić information content (AvgIpc) is 3.01. The van der Waals surface area contributed by atoms with Gasteiger partial charge in [-0.15, -0.1) is 22.7 Å². The van der Waals surface area contributed by atoms with Crippen LogP contribution >= 0.6 is 22.7 Å². The van der Waals surface area contributed by atoms with Crippen molar-refractivity contribution >= 4 is 22.7 Å². The van der Waals surface area contributed by atoms with Crippen LogP contribution in [0.15, 0.2) is 41.1 Å². The van der Waals surface area contributed by atoms with Crippen molar-refractivity contribution in [2.45, 2.75) is 13.8 Å². The molecule has 0 aliphatic carbocycles. The van der Waals surface area contributed by atoms with Crippen molar-refractivity contribution in [1.82, 2.24) is 4.98 Å². The zero-order valence-electron chi connectivity index (χ0n) is 10.3. The van der Waals surface area contributed by atoms with Crippen molar-refractivity contribution in [3.8, 4) is 21.1 Å². The summed E-state index contributed by atoms with van der Waals surface area (Å²) in [6.07, 6.45) is 0. The number of hydrogen-bond acceptors (Lipinski definition) is 3. The molecule has 2 aromatic heterocycles. The number of nitrogens with zero attached hydrogens (tertiary/aromatic N) is 1. The van der Waals surface area contributed by atoms with Crippen molar-refractivity contribution in [1.29, 1.82) is 0 Å². The summed E-state index contributed by atoms with van der Waals surface area (Å²) < 4.78 is 0. The first kappa shape index (κ1) is 11.6. The molecule has 2 heterocycles. The summed E-state index contributed by atoms with van der Waals surface area (Å²) in [4.78, 5) is 5.97. The Kier molecular flexibility index (Phi) is 3.02. The Bertz CT molecular complexity index is 666. The summed E-state index contributed by atoms with van der Waals surface area (Å²) in [5, 5.41) is 5.34. The smallest absolute Gasteiger partial charge is 0.134 e. The van der Waals surface area contributed by atoms with Crippen molar-refractivity contribution in [3.63, 3.8) is 0 Å². The topological polar surface area (TPSA) is 12.9 Å². The minimum atomic E-state index is 1.08. The van der Waals surface area contributed by atoms with Crippen LogP contribution in [0.1, 0.15) is 11.1 Å². The van der Waals surface area contributed by atoms with Crippen molar-refractivity contribution in [3.05, 3.63) is 52.2 Å². The van der Waals surface area contributed by atoms with Crippen LogP contribution in [-0.2, 0) is 0 Å². The molecule has 0 N–H and O–H groups in total. The second-order valence-electron chi connectivity index (χ2n) is 4.31. The molecule has 90 valence electrons. The number of hydrogen-bond donors (Lipinski definition) is 0. The summed E-state index contributed by atoms with van der Waals surface area (Å²) in [7, 11) is 0. The molecule has 0 unspecified atom stereocenters. The van der Waals surface area contributed by atoms with E-state index in [0.717, 1.165) is 10.7 Å². The highest BCUT2D eigenvalue weighted by Crippen LogP contribution is 2.31. The van der Waals surface area contributed by atoms with Gasteiger partial charge in [0.1, 0.15) is 5.01 Å². The molecule has 1 aromatic carbocycles. The van der Waals surface area contributed by atoms with Gasteiger partial charge in [0, 0.05) is 10.9 Å². The Hall–Kier alpha value is -1.45. The molecule has 0 spiro atoms. The van der Waals surface area contributed by atoms with Gasteiger partial charge in [-0.05, 0) is 42.5 Å². The van der Waals surface area contributed by atoms with Crippen LogP contribution in [0, 0.1) is 13.8 Å². The van der Waals surface area contributed by atoms with E-state index in [1.54, 1.807) is 22.7 Å². The van der Waals surface area contributed by atoms with Gasteiger partial charge < -0.3 is 0 Å². The van der Waals surface area contributed by atoms with E-state index in [1.807, 2.05) is 0 Å². The predicted molar refractivity (Wildman–Crippen MR) is 80.3 cm³/mol. The molecule has 0 bridgehead atoms. The summed E-state index contributed by atoms with van der Waals surface area (Å²) in [6.45, 7) is 4.28. The van der Waals surface area contributed by atoms with Gasteiger partial charge in [-0.3, -0.25) is 0 Å². The molecule has 0 aliphatic rings. The molecule has 0 aliphatic heterocycles. The van der Waals surface area contributed by atoms with Crippen molar-refractivity contribution in [2.75, 3.05) is 0 Å². The van der Waals surface area contributed by atoms with Gasteiger partial charge in [-0.25, -0.2) is 4.98 Å². The van der Waals surface area contributed by atoms with Gasteiger partial charge in [0.15, 0.2) is 0 Å². The Morgan fingerprint density at radius 1 is 1.00 bits per heavy atom. The lowest BCUT2D eigenvalue weighted by molar-refractivity contribution is 1.33. The lowest BCUT2D eigenvalue weighted by atomic mass is 10.1. The van der Waals surface area contributed by atoms with Crippen LogP contribution in [0.25, 0.3) is 21.1 Å². The first-order chi connectivity index (χ1) is 8.74. The largest absolute Gasteiger partial charge is 0.235 e. The van der Waals surface area contributed by atoms with Gasteiger partial charge in [-0.2, -0.15) is 0 Å². The Morgan fingerprint density at radius 3 is 2.61 bits per heavy atom. The van der Waals surface area contributed by atoms with E-state index in [4.69, 9.17) is 4.98 Å². The quantitative estimate of drug-likeness (QED) is 0.627. The first-order valence-electron chi connectivity index (χ1n) is 5.81. The molecule has 0 fully saturated rings. The number of aromatic nitrogens is 1.